The molecule has 0 amide bonds. The van der Waals surface area contributed by atoms with E-state index in [0.29, 0.717) is 12.3 Å². The van der Waals surface area contributed by atoms with Crippen LogP contribution in [0.15, 0.2) is 24.3 Å². The summed E-state index contributed by atoms with van der Waals surface area (Å²) in [5, 5.41) is 17.0. The summed E-state index contributed by atoms with van der Waals surface area (Å²) in [7, 11) is 1.98. The van der Waals surface area contributed by atoms with Gasteiger partial charge >= 0.3 is 0 Å². The van der Waals surface area contributed by atoms with Gasteiger partial charge in [-0.2, -0.15) is 5.10 Å². The largest absolute Gasteiger partial charge is 0.389 e. The van der Waals surface area contributed by atoms with E-state index in [1.807, 2.05) is 23.9 Å². The summed E-state index contributed by atoms with van der Waals surface area (Å²) in [6.07, 6.45) is 3.58. The molecule has 2 atom stereocenters. The van der Waals surface area contributed by atoms with Crippen molar-refractivity contribution in [3.05, 3.63) is 30.0 Å². The molecule has 0 aliphatic heterocycles. The Bertz CT molecular complexity index is 658. The van der Waals surface area contributed by atoms with Crippen LogP contribution in [0.25, 0.3) is 10.9 Å². The second-order valence-corrected chi connectivity index (χ2v) is 7.84. The molecule has 2 unspecified atom stereocenters. The van der Waals surface area contributed by atoms with E-state index >= 15 is 0 Å². The predicted octanol–water partition coefficient (Wildman–Crippen LogP) is 3.69. The second kappa shape index (κ2) is 4.84. The molecule has 3 nitrogen and oxygen atoms in total. The summed E-state index contributed by atoms with van der Waals surface area (Å²) in [5.41, 5.74) is 1.75. The number of fused-ring (bicyclic) bond motifs is 1. The Balaban J connectivity index is 1.94. The number of hydrogen-bond donors (Lipinski definition) is 1. The van der Waals surface area contributed by atoms with Crippen LogP contribution in [-0.4, -0.2) is 20.5 Å². The third kappa shape index (κ3) is 2.84. The molecule has 1 aromatic heterocycles. The fraction of sp³-hybridized carbons (Fsp3) is 0.611. The Morgan fingerprint density at radius 3 is 2.71 bits per heavy atom. The van der Waals surface area contributed by atoms with Gasteiger partial charge in [-0.15, -0.1) is 0 Å². The third-order valence-electron chi connectivity index (χ3n) is 4.77. The van der Waals surface area contributed by atoms with Crippen LogP contribution in [0, 0.1) is 11.3 Å². The Morgan fingerprint density at radius 1 is 1.29 bits per heavy atom. The molecule has 3 rings (SSSR count). The quantitative estimate of drug-likeness (QED) is 0.914. The molecule has 0 bridgehead atoms. The van der Waals surface area contributed by atoms with Gasteiger partial charge in [0.1, 0.15) is 0 Å². The van der Waals surface area contributed by atoms with E-state index in [1.54, 1.807) is 0 Å². The fourth-order valence-electron chi connectivity index (χ4n) is 4.56. The Kier molecular flexibility index (Phi) is 3.36. The van der Waals surface area contributed by atoms with Crippen LogP contribution in [0.2, 0.25) is 0 Å². The van der Waals surface area contributed by atoms with Crippen molar-refractivity contribution < 1.29 is 5.11 Å². The average Bonchev–Trinajstić information content (AvgIpc) is 2.63. The zero-order chi connectivity index (χ0) is 15.3. The first-order chi connectivity index (χ1) is 9.78. The Labute approximate surface area is 127 Å². The third-order valence-corrected chi connectivity index (χ3v) is 4.77. The molecule has 0 spiro atoms. The fourth-order valence-corrected chi connectivity index (χ4v) is 4.56. The molecule has 3 heteroatoms. The van der Waals surface area contributed by atoms with Crippen molar-refractivity contribution in [3.63, 3.8) is 0 Å². The van der Waals surface area contributed by atoms with Gasteiger partial charge in [0.15, 0.2) is 0 Å². The molecule has 0 saturated heterocycles. The van der Waals surface area contributed by atoms with Gasteiger partial charge in [0.05, 0.1) is 16.8 Å². The standard InChI is InChI=1S/C18H26N2O/c1-13-9-17(2,3)12-18(21,10-13)11-15-14-7-5-6-8-16(14)20(4)19-15/h5-8,13,21H,9-12H2,1-4H3. The summed E-state index contributed by atoms with van der Waals surface area (Å²) in [6.45, 7) is 6.79. The van der Waals surface area contributed by atoms with Crippen molar-refractivity contribution >= 4 is 10.9 Å². The average molecular weight is 286 g/mol. The van der Waals surface area contributed by atoms with E-state index in [4.69, 9.17) is 0 Å². The minimum Gasteiger partial charge on any atom is -0.389 e. The number of para-hydroxylation sites is 1. The molecule has 1 fully saturated rings. The van der Waals surface area contributed by atoms with E-state index < -0.39 is 5.60 Å². The van der Waals surface area contributed by atoms with Crippen LogP contribution >= 0.6 is 0 Å². The highest BCUT2D eigenvalue weighted by molar-refractivity contribution is 5.81. The normalized spacial score (nSPS) is 28.9. The number of aliphatic hydroxyl groups is 1. The van der Waals surface area contributed by atoms with Crippen LogP contribution in [0.5, 0.6) is 0 Å². The number of aromatic nitrogens is 2. The number of hydrogen-bond acceptors (Lipinski definition) is 2. The number of benzene rings is 1. The van der Waals surface area contributed by atoms with E-state index in [1.165, 1.54) is 11.8 Å². The zero-order valence-electron chi connectivity index (χ0n) is 13.6. The van der Waals surface area contributed by atoms with Crippen molar-refractivity contribution in [1.82, 2.24) is 9.78 Å². The Hall–Kier alpha value is -1.35. The maximum Gasteiger partial charge on any atom is 0.0731 e. The van der Waals surface area contributed by atoms with Crippen molar-refractivity contribution in [1.29, 1.82) is 0 Å². The number of nitrogens with zero attached hydrogens (tertiary/aromatic N) is 2. The maximum atomic E-state index is 11.2. The summed E-state index contributed by atoms with van der Waals surface area (Å²) < 4.78 is 1.92. The molecular formula is C18H26N2O. The monoisotopic (exact) mass is 286 g/mol. The molecule has 21 heavy (non-hydrogen) atoms. The molecule has 1 saturated carbocycles. The molecule has 1 aliphatic rings. The minimum atomic E-state index is -0.627. The van der Waals surface area contributed by atoms with Gasteiger partial charge in [0, 0.05) is 18.9 Å². The summed E-state index contributed by atoms with van der Waals surface area (Å²) in [5.74, 6) is 0.564. The molecule has 1 heterocycles. The summed E-state index contributed by atoms with van der Waals surface area (Å²) >= 11 is 0. The van der Waals surface area contributed by atoms with E-state index in [2.05, 4.69) is 38.0 Å². The van der Waals surface area contributed by atoms with Crippen LogP contribution < -0.4 is 0 Å². The minimum absolute atomic E-state index is 0.205. The van der Waals surface area contributed by atoms with Crippen molar-refractivity contribution in [3.8, 4) is 0 Å². The zero-order valence-corrected chi connectivity index (χ0v) is 13.6. The van der Waals surface area contributed by atoms with Crippen LogP contribution in [-0.2, 0) is 13.5 Å². The lowest BCUT2D eigenvalue weighted by Gasteiger charge is -2.44. The maximum absolute atomic E-state index is 11.2. The SMILES string of the molecule is CC1CC(C)(C)CC(O)(Cc2nn(C)c3ccccc23)C1. The first kappa shape index (κ1) is 14.6. The molecule has 114 valence electrons. The van der Waals surface area contributed by atoms with Crippen LogP contribution in [0.3, 0.4) is 0 Å². The lowest BCUT2D eigenvalue weighted by Crippen LogP contribution is -2.43. The van der Waals surface area contributed by atoms with Crippen LogP contribution in [0.4, 0.5) is 0 Å². The number of aryl methyl sites for hydroxylation is 1. The van der Waals surface area contributed by atoms with E-state index in [-0.39, 0.29) is 5.41 Å². The molecule has 1 aliphatic carbocycles. The predicted molar refractivity (Wildman–Crippen MR) is 86.2 cm³/mol. The molecule has 1 aromatic carbocycles. The lowest BCUT2D eigenvalue weighted by molar-refractivity contribution is -0.0579. The van der Waals surface area contributed by atoms with Crippen molar-refractivity contribution in [2.45, 2.75) is 52.1 Å². The highest BCUT2D eigenvalue weighted by Crippen LogP contribution is 2.45. The van der Waals surface area contributed by atoms with Crippen molar-refractivity contribution in [2.75, 3.05) is 0 Å². The van der Waals surface area contributed by atoms with Crippen molar-refractivity contribution in [2.24, 2.45) is 18.4 Å². The van der Waals surface area contributed by atoms with Gasteiger partial charge < -0.3 is 5.11 Å². The van der Waals surface area contributed by atoms with Gasteiger partial charge in [0.2, 0.25) is 0 Å². The molecule has 2 aromatic rings. The first-order valence-electron chi connectivity index (χ1n) is 7.91. The lowest BCUT2D eigenvalue weighted by atomic mass is 9.64. The molecule has 1 N–H and O–H groups in total. The highest BCUT2D eigenvalue weighted by Gasteiger charge is 2.42. The number of rotatable bonds is 2. The molecule has 0 radical (unpaired) electrons. The smallest absolute Gasteiger partial charge is 0.0731 e. The van der Waals surface area contributed by atoms with E-state index in [9.17, 15) is 5.11 Å². The second-order valence-electron chi connectivity index (χ2n) is 7.84. The topological polar surface area (TPSA) is 38.1 Å². The van der Waals surface area contributed by atoms with Gasteiger partial charge in [-0.3, -0.25) is 4.68 Å². The van der Waals surface area contributed by atoms with Crippen LogP contribution in [0.1, 0.15) is 45.7 Å². The van der Waals surface area contributed by atoms with Gasteiger partial charge in [-0.05, 0) is 36.7 Å². The van der Waals surface area contributed by atoms with Gasteiger partial charge in [-0.25, -0.2) is 0 Å². The van der Waals surface area contributed by atoms with E-state index in [0.717, 1.165) is 24.1 Å². The van der Waals surface area contributed by atoms with Gasteiger partial charge in [0.25, 0.3) is 0 Å². The highest BCUT2D eigenvalue weighted by atomic mass is 16.3. The summed E-state index contributed by atoms with van der Waals surface area (Å²) in [4.78, 5) is 0. The first-order valence-corrected chi connectivity index (χ1v) is 7.91. The molecular weight excluding hydrogens is 260 g/mol. The summed E-state index contributed by atoms with van der Waals surface area (Å²) in [6, 6.07) is 8.28. The van der Waals surface area contributed by atoms with Gasteiger partial charge in [-0.1, -0.05) is 39.0 Å². The Morgan fingerprint density at radius 2 is 2.00 bits per heavy atom.